The third-order valence-electron chi connectivity index (χ3n) is 2.09. The maximum absolute atomic E-state index is 13.1. The molecule has 0 aliphatic heterocycles. The lowest BCUT2D eigenvalue weighted by Gasteiger charge is -1.91. The van der Waals surface area contributed by atoms with Gasteiger partial charge in [0.05, 0.1) is 10.2 Å². The van der Waals surface area contributed by atoms with Crippen LogP contribution in [0.3, 0.4) is 0 Å². The fourth-order valence-corrected chi connectivity index (χ4v) is 2.81. The fraction of sp³-hybridized carbons (Fsp3) is 0. The molecule has 0 amide bonds. The molecule has 0 N–H and O–H groups in total. The van der Waals surface area contributed by atoms with E-state index in [1.807, 2.05) is 24.3 Å². The van der Waals surface area contributed by atoms with Gasteiger partial charge in [-0.3, -0.25) is 4.40 Å². The lowest BCUT2D eigenvalue weighted by Crippen LogP contribution is -1.80. The van der Waals surface area contributed by atoms with E-state index in [4.69, 9.17) is 0 Å². The van der Waals surface area contributed by atoms with E-state index in [1.54, 1.807) is 4.40 Å². The van der Waals surface area contributed by atoms with Crippen molar-refractivity contribution in [1.29, 1.82) is 0 Å². The van der Waals surface area contributed by atoms with Crippen molar-refractivity contribution in [3.8, 4) is 0 Å². The average Bonchev–Trinajstić information content (AvgIpc) is 2.65. The van der Waals surface area contributed by atoms with Crippen molar-refractivity contribution in [1.82, 2.24) is 9.38 Å². The molecule has 0 saturated heterocycles. The maximum atomic E-state index is 13.1. The van der Waals surface area contributed by atoms with E-state index >= 15 is 0 Å². The molecule has 3 aromatic rings. The molecule has 2 heterocycles. The molecule has 5 heteroatoms. The van der Waals surface area contributed by atoms with Gasteiger partial charge in [-0.05, 0) is 12.1 Å². The highest BCUT2D eigenvalue weighted by atomic mass is 32.1. The van der Waals surface area contributed by atoms with E-state index in [2.05, 4.69) is 17.6 Å². The predicted octanol–water partition coefficient (Wildman–Crippen LogP) is 2.98. The minimum atomic E-state index is -0.509. The van der Waals surface area contributed by atoms with Crippen molar-refractivity contribution >= 4 is 39.1 Å². The number of thiazole rings is 1. The second kappa shape index (κ2) is 2.71. The number of benzene rings is 1. The van der Waals surface area contributed by atoms with E-state index in [0.29, 0.717) is 4.96 Å². The minimum absolute atomic E-state index is 0.275. The second-order valence-electron chi connectivity index (χ2n) is 2.91. The molecule has 2 aromatic heterocycles. The number of imidazole rings is 1. The Balaban J connectivity index is 2.62. The molecule has 0 saturated carbocycles. The summed E-state index contributed by atoms with van der Waals surface area (Å²) in [5.41, 5.74) is 0.953. The fourth-order valence-electron chi connectivity index (χ4n) is 1.48. The summed E-state index contributed by atoms with van der Waals surface area (Å²) < 4.78 is 15.9. The lowest BCUT2D eigenvalue weighted by molar-refractivity contribution is 0.564. The maximum Gasteiger partial charge on any atom is 0.246 e. The van der Waals surface area contributed by atoms with Crippen LogP contribution in [-0.2, 0) is 0 Å². The number of halogens is 1. The van der Waals surface area contributed by atoms with E-state index < -0.39 is 5.95 Å². The molecule has 0 spiro atoms. The monoisotopic (exact) mass is 224 g/mol. The van der Waals surface area contributed by atoms with Crippen LogP contribution < -0.4 is 0 Å². The van der Waals surface area contributed by atoms with Crippen molar-refractivity contribution in [2.24, 2.45) is 0 Å². The number of thiol groups is 1. The van der Waals surface area contributed by atoms with Gasteiger partial charge in [0.25, 0.3) is 0 Å². The van der Waals surface area contributed by atoms with Crippen molar-refractivity contribution in [3.05, 3.63) is 30.2 Å². The zero-order valence-electron chi connectivity index (χ0n) is 6.94. The van der Waals surface area contributed by atoms with Crippen LogP contribution in [0.1, 0.15) is 0 Å². The van der Waals surface area contributed by atoms with Gasteiger partial charge in [0.1, 0.15) is 5.03 Å². The first-order chi connectivity index (χ1) is 6.77. The van der Waals surface area contributed by atoms with Gasteiger partial charge in [-0.1, -0.05) is 23.5 Å². The summed E-state index contributed by atoms with van der Waals surface area (Å²) in [7, 11) is 0. The summed E-state index contributed by atoms with van der Waals surface area (Å²) in [6.07, 6.45) is 0. The predicted molar refractivity (Wildman–Crippen MR) is 57.8 cm³/mol. The zero-order chi connectivity index (χ0) is 9.71. The van der Waals surface area contributed by atoms with Gasteiger partial charge in [0.2, 0.25) is 5.95 Å². The van der Waals surface area contributed by atoms with E-state index in [-0.39, 0.29) is 5.03 Å². The second-order valence-corrected chi connectivity index (χ2v) is 4.35. The summed E-state index contributed by atoms with van der Waals surface area (Å²) in [4.78, 5) is 4.44. The number of hydrogen-bond acceptors (Lipinski definition) is 3. The van der Waals surface area contributed by atoms with Gasteiger partial charge in [0, 0.05) is 0 Å². The Kier molecular flexibility index (Phi) is 1.60. The number of fused-ring (bicyclic) bond motifs is 3. The third kappa shape index (κ3) is 0.936. The minimum Gasteiger partial charge on any atom is -0.275 e. The van der Waals surface area contributed by atoms with Crippen LogP contribution in [0.25, 0.3) is 15.2 Å². The molecule has 0 radical (unpaired) electrons. The average molecular weight is 224 g/mol. The molecule has 0 atom stereocenters. The Morgan fingerprint density at radius 2 is 2.14 bits per heavy atom. The standard InChI is InChI=1S/C9H5FN2S2/c10-7-8(13)12-5-3-1-2-4-6(5)14-9(12)11-7/h1-4,13H. The van der Waals surface area contributed by atoms with Gasteiger partial charge < -0.3 is 0 Å². The van der Waals surface area contributed by atoms with Crippen molar-refractivity contribution in [2.45, 2.75) is 5.03 Å². The Morgan fingerprint density at radius 3 is 3.00 bits per heavy atom. The highest BCUT2D eigenvalue weighted by molar-refractivity contribution is 7.80. The molecule has 0 bridgehead atoms. The first-order valence-electron chi connectivity index (χ1n) is 4.02. The molecule has 0 aliphatic rings. The van der Waals surface area contributed by atoms with Crippen molar-refractivity contribution in [2.75, 3.05) is 0 Å². The van der Waals surface area contributed by atoms with Crippen LogP contribution in [0, 0.1) is 5.95 Å². The SMILES string of the molecule is Fc1nc2sc3ccccc3n2c1S. The van der Waals surface area contributed by atoms with E-state index in [9.17, 15) is 4.39 Å². The number of rotatable bonds is 0. The Morgan fingerprint density at radius 1 is 1.36 bits per heavy atom. The Bertz CT molecular complexity index is 626. The van der Waals surface area contributed by atoms with Crippen molar-refractivity contribution in [3.63, 3.8) is 0 Å². The number of nitrogens with zero attached hydrogens (tertiary/aromatic N) is 2. The summed E-state index contributed by atoms with van der Waals surface area (Å²) in [6.45, 7) is 0. The van der Waals surface area contributed by atoms with Crippen LogP contribution in [0.4, 0.5) is 4.39 Å². The third-order valence-corrected chi connectivity index (χ3v) is 3.49. The number of para-hydroxylation sites is 1. The van der Waals surface area contributed by atoms with Crippen molar-refractivity contribution < 1.29 is 4.39 Å². The number of aromatic nitrogens is 2. The summed E-state index contributed by atoms with van der Waals surface area (Å²) in [6, 6.07) is 7.78. The van der Waals surface area contributed by atoms with Gasteiger partial charge in [-0.25, -0.2) is 0 Å². The first-order valence-corrected chi connectivity index (χ1v) is 5.28. The van der Waals surface area contributed by atoms with Crippen LogP contribution in [0.2, 0.25) is 0 Å². The molecule has 2 nitrogen and oxygen atoms in total. The molecular formula is C9H5FN2S2. The van der Waals surface area contributed by atoms with Gasteiger partial charge in [-0.15, -0.1) is 12.6 Å². The van der Waals surface area contributed by atoms with E-state index in [1.165, 1.54) is 11.3 Å². The van der Waals surface area contributed by atoms with Crippen LogP contribution in [0.15, 0.2) is 29.3 Å². The van der Waals surface area contributed by atoms with Gasteiger partial charge in [-0.2, -0.15) is 9.37 Å². The highest BCUT2D eigenvalue weighted by Gasteiger charge is 2.13. The Labute approximate surface area is 88.4 Å². The first kappa shape index (κ1) is 8.26. The normalized spacial score (nSPS) is 11.6. The molecular weight excluding hydrogens is 219 g/mol. The van der Waals surface area contributed by atoms with Crippen LogP contribution >= 0.6 is 24.0 Å². The van der Waals surface area contributed by atoms with E-state index in [0.717, 1.165) is 10.2 Å². The topological polar surface area (TPSA) is 17.3 Å². The molecule has 3 rings (SSSR count). The quantitative estimate of drug-likeness (QED) is 0.581. The molecule has 70 valence electrons. The lowest BCUT2D eigenvalue weighted by atomic mass is 10.3. The molecule has 14 heavy (non-hydrogen) atoms. The highest BCUT2D eigenvalue weighted by Crippen LogP contribution is 2.29. The van der Waals surface area contributed by atoms with Gasteiger partial charge in [0.15, 0.2) is 4.96 Å². The summed E-state index contributed by atoms with van der Waals surface area (Å²) in [5.74, 6) is -0.509. The smallest absolute Gasteiger partial charge is 0.246 e. The molecule has 0 unspecified atom stereocenters. The molecule has 0 aliphatic carbocycles. The largest absolute Gasteiger partial charge is 0.275 e. The Hall–Kier alpha value is -1.07. The number of hydrogen-bond donors (Lipinski definition) is 1. The van der Waals surface area contributed by atoms with Crippen LogP contribution in [0.5, 0.6) is 0 Å². The summed E-state index contributed by atoms with van der Waals surface area (Å²) in [5, 5.41) is 0.275. The van der Waals surface area contributed by atoms with Gasteiger partial charge >= 0.3 is 0 Å². The summed E-state index contributed by atoms with van der Waals surface area (Å²) >= 11 is 5.55. The van der Waals surface area contributed by atoms with Crippen LogP contribution in [-0.4, -0.2) is 9.38 Å². The zero-order valence-corrected chi connectivity index (χ0v) is 8.65. The molecule has 1 aromatic carbocycles. The molecule has 0 fully saturated rings.